The second kappa shape index (κ2) is 9.09. The Labute approximate surface area is 166 Å². The van der Waals surface area contributed by atoms with Crippen LogP contribution in [-0.4, -0.2) is 28.4 Å². The van der Waals surface area contributed by atoms with Gasteiger partial charge in [0, 0.05) is 11.6 Å². The Morgan fingerprint density at radius 2 is 1.93 bits per heavy atom. The summed E-state index contributed by atoms with van der Waals surface area (Å²) in [4.78, 5) is 32.5. The molecule has 0 fully saturated rings. The molecule has 0 saturated carbocycles. The topological polar surface area (TPSA) is 93.2 Å². The molecule has 0 bridgehead atoms. The van der Waals surface area contributed by atoms with Crippen molar-refractivity contribution >= 4 is 23.2 Å². The van der Waals surface area contributed by atoms with Crippen molar-refractivity contribution in [3.8, 4) is 16.5 Å². The third-order valence-electron chi connectivity index (χ3n) is 3.82. The van der Waals surface area contributed by atoms with Crippen LogP contribution in [0.1, 0.15) is 16.8 Å². The minimum absolute atomic E-state index is 0.0570. The molecule has 0 saturated heterocycles. The molecule has 2 N–H and O–H groups in total. The molecule has 1 aromatic carbocycles. The van der Waals surface area contributed by atoms with E-state index < -0.39 is 5.91 Å². The van der Waals surface area contributed by atoms with Gasteiger partial charge in [0.05, 0.1) is 17.8 Å². The van der Waals surface area contributed by atoms with Crippen LogP contribution in [-0.2, 0) is 16.0 Å². The number of carbonyl (C=O) groups excluding carboxylic acids is 2. The zero-order chi connectivity index (χ0) is 19.9. The summed E-state index contributed by atoms with van der Waals surface area (Å²) in [6.07, 6.45) is 1.75. The van der Waals surface area contributed by atoms with E-state index in [9.17, 15) is 9.59 Å². The van der Waals surface area contributed by atoms with Gasteiger partial charge in [0.2, 0.25) is 5.91 Å². The second-order valence-corrected chi connectivity index (χ2v) is 7.05. The van der Waals surface area contributed by atoms with E-state index in [2.05, 4.69) is 20.8 Å². The molecule has 0 aliphatic rings. The molecule has 144 valence electrons. The number of thiazole rings is 1. The van der Waals surface area contributed by atoms with Crippen LogP contribution in [0.4, 0.5) is 0 Å². The fraction of sp³-hybridized carbons (Fsp3) is 0.200. The molecular formula is C20H20N4O3S. The molecule has 0 aliphatic carbocycles. The highest BCUT2D eigenvalue weighted by atomic mass is 32.1. The molecule has 28 heavy (non-hydrogen) atoms. The normalized spacial score (nSPS) is 10.4. The van der Waals surface area contributed by atoms with Crippen molar-refractivity contribution in [2.75, 3.05) is 6.61 Å². The maximum atomic E-state index is 12.0. The predicted octanol–water partition coefficient (Wildman–Crippen LogP) is 2.59. The molecule has 3 aromatic rings. The largest absolute Gasteiger partial charge is 0.483 e. The van der Waals surface area contributed by atoms with Crippen molar-refractivity contribution in [1.82, 2.24) is 20.8 Å². The number of amides is 2. The molecule has 2 aromatic heterocycles. The summed E-state index contributed by atoms with van der Waals surface area (Å²) < 4.78 is 5.50. The number of benzene rings is 1. The maximum Gasteiger partial charge on any atom is 0.276 e. The van der Waals surface area contributed by atoms with Gasteiger partial charge < -0.3 is 4.74 Å². The van der Waals surface area contributed by atoms with E-state index in [1.165, 1.54) is 11.3 Å². The van der Waals surface area contributed by atoms with E-state index in [1.807, 2.05) is 50.2 Å². The lowest BCUT2D eigenvalue weighted by atomic mass is 10.1. The predicted molar refractivity (Wildman–Crippen MR) is 107 cm³/mol. The lowest BCUT2D eigenvalue weighted by Gasteiger charge is -2.10. The van der Waals surface area contributed by atoms with E-state index >= 15 is 0 Å². The third-order valence-corrected chi connectivity index (χ3v) is 4.73. The number of pyridine rings is 1. The molecule has 2 heterocycles. The van der Waals surface area contributed by atoms with Crippen molar-refractivity contribution in [1.29, 1.82) is 0 Å². The highest BCUT2D eigenvalue weighted by Crippen LogP contribution is 2.21. The van der Waals surface area contributed by atoms with Gasteiger partial charge in [-0.3, -0.25) is 25.4 Å². The number of carbonyl (C=O) groups is 2. The van der Waals surface area contributed by atoms with Gasteiger partial charge in [0.15, 0.2) is 6.61 Å². The summed E-state index contributed by atoms with van der Waals surface area (Å²) in [5.74, 6) is -0.161. The molecule has 7 nitrogen and oxygen atoms in total. The first kappa shape index (κ1) is 19.5. The van der Waals surface area contributed by atoms with Crippen LogP contribution in [0, 0.1) is 13.8 Å². The number of nitrogens with one attached hydrogen (secondary N) is 2. The van der Waals surface area contributed by atoms with Gasteiger partial charge in [0.25, 0.3) is 5.91 Å². The van der Waals surface area contributed by atoms with E-state index in [1.54, 1.807) is 11.6 Å². The van der Waals surface area contributed by atoms with Crippen molar-refractivity contribution in [3.05, 3.63) is 64.8 Å². The zero-order valence-electron chi connectivity index (χ0n) is 15.6. The second-order valence-electron chi connectivity index (χ2n) is 6.19. The molecule has 8 heteroatoms. The molecule has 0 aliphatic heterocycles. The van der Waals surface area contributed by atoms with Gasteiger partial charge in [0.1, 0.15) is 10.8 Å². The SMILES string of the molecule is Cc1ccc(C)c(OCC(=O)NNC(=O)Cc2csc(-c3ccccn3)n2)c1. The van der Waals surface area contributed by atoms with E-state index in [0.29, 0.717) is 11.4 Å². The minimum atomic E-state index is -0.443. The standard InChI is InChI=1S/C20H20N4O3S/c1-13-6-7-14(2)17(9-13)27-11-19(26)24-23-18(25)10-15-12-28-20(22-15)16-5-3-4-8-21-16/h3-9,12H,10-11H2,1-2H3,(H,23,25)(H,24,26). The Kier molecular flexibility index (Phi) is 6.33. The first-order valence-electron chi connectivity index (χ1n) is 8.65. The molecule has 3 rings (SSSR count). The Bertz CT molecular complexity index is 973. The Morgan fingerprint density at radius 3 is 2.71 bits per heavy atom. The molecule has 0 spiro atoms. The van der Waals surface area contributed by atoms with Gasteiger partial charge in [-0.15, -0.1) is 11.3 Å². The van der Waals surface area contributed by atoms with Gasteiger partial charge in [-0.25, -0.2) is 4.98 Å². The minimum Gasteiger partial charge on any atom is -0.483 e. The third kappa shape index (κ3) is 5.37. The lowest BCUT2D eigenvalue weighted by molar-refractivity contribution is -0.129. The quantitative estimate of drug-likeness (QED) is 0.625. The smallest absolute Gasteiger partial charge is 0.276 e. The van der Waals surface area contributed by atoms with Crippen LogP contribution in [0.2, 0.25) is 0 Å². The van der Waals surface area contributed by atoms with Crippen LogP contribution in [0.5, 0.6) is 5.75 Å². The summed E-state index contributed by atoms with van der Waals surface area (Å²) >= 11 is 1.42. The summed E-state index contributed by atoms with van der Waals surface area (Å²) in [6.45, 7) is 3.66. The van der Waals surface area contributed by atoms with Gasteiger partial charge in [-0.1, -0.05) is 18.2 Å². The zero-order valence-corrected chi connectivity index (χ0v) is 16.4. The number of ether oxygens (including phenoxy) is 1. The summed E-state index contributed by atoms with van der Waals surface area (Å²) in [5, 5.41) is 2.55. The van der Waals surface area contributed by atoms with Gasteiger partial charge >= 0.3 is 0 Å². The van der Waals surface area contributed by atoms with Gasteiger partial charge in [-0.2, -0.15) is 0 Å². The van der Waals surface area contributed by atoms with E-state index in [0.717, 1.165) is 21.8 Å². The van der Waals surface area contributed by atoms with Crippen LogP contribution in [0.25, 0.3) is 10.7 Å². The monoisotopic (exact) mass is 396 g/mol. The Morgan fingerprint density at radius 1 is 1.11 bits per heavy atom. The fourth-order valence-corrected chi connectivity index (χ4v) is 3.18. The number of hydrazine groups is 1. The molecule has 0 unspecified atom stereocenters. The number of hydrogen-bond donors (Lipinski definition) is 2. The average molecular weight is 396 g/mol. The summed E-state index contributed by atoms with van der Waals surface area (Å²) in [5.41, 5.74) is 8.08. The number of rotatable bonds is 6. The summed E-state index contributed by atoms with van der Waals surface area (Å²) in [7, 11) is 0. The molecule has 0 atom stereocenters. The number of aromatic nitrogens is 2. The fourth-order valence-electron chi connectivity index (χ4n) is 2.39. The lowest BCUT2D eigenvalue weighted by Crippen LogP contribution is -2.44. The number of nitrogens with zero attached hydrogens (tertiary/aromatic N) is 2. The maximum absolute atomic E-state index is 12.0. The number of hydrogen-bond acceptors (Lipinski definition) is 6. The Hall–Kier alpha value is -3.26. The Balaban J connectivity index is 1.45. The van der Waals surface area contributed by atoms with Crippen LogP contribution in [0.15, 0.2) is 48.0 Å². The first-order valence-corrected chi connectivity index (χ1v) is 9.53. The van der Waals surface area contributed by atoms with Crippen molar-refractivity contribution < 1.29 is 14.3 Å². The van der Waals surface area contributed by atoms with Crippen LogP contribution < -0.4 is 15.6 Å². The van der Waals surface area contributed by atoms with Crippen LogP contribution >= 0.6 is 11.3 Å². The molecule has 2 amide bonds. The van der Waals surface area contributed by atoms with E-state index in [4.69, 9.17) is 4.74 Å². The molecule has 0 radical (unpaired) electrons. The van der Waals surface area contributed by atoms with E-state index in [-0.39, 0.29) is 18.9 Å². The van der Waals surface area contributed by atoms with Crippen molar-refractivity contribution in [3.63, 3.8) is 0 Å². The number of aryl methyl sites for hydroxylation is 2. The first-order chi connectivity index (χ1) is 13.5. The summed E-state index contributed by atoms with van der Waals surface area (Å²) in [6, 6.07) is 11.3. The highest BCUT2D eigenvalue weighted by molar-refractivity contribution is 7.13. The van der Waals surface area contributed by atoms with Gasteiger partial charge in [-0.05, 0) is 43.2 Å². The average Bonchev–Trinajstić information content (AvgIpc) is 3.16. The highest BCUT2D eigenvalue weighted by Gasteiger charge is 2.11. The van der Waals surface area contributed by atoms with Crippen molar-refractivity contribution in [2.45, 2.75) is 20.3 Å². The molecular weight excluding hydrogens is 376 g/mol. The van der Waals surface area contributed by atoms with Crippen molar-refractivity contribution in [2.24, 2.45) is 0 Å². The van der Waals surface area contributed by atoms with Crippen LogP contribution in [0.3, 0.4) is 0 Å².